The number of aromatic hydroxyl groups is 1. The summed E-state index contributed by atoms with van der Waals surface area (Å²) in [4.78, 5) is 18.5. The van der Waals surface area contributed by atoms with E-state index >= 15 is 0 Å². The molecule has 1 aliphatic heterocycles. The van der Waals surface area contributed by atoms with Gasteiger partial charge < -0.3 is 10.8 Å². The van der Waals surface area contributed by atoms with Gasteiger partial charge in [0, 0.05) is 87.2 Å². The second-order valence-corrected chi connectivity index (χ2v) is 11.7. The summed E-state index contributed by atoms with van der Waals surface area (Å²) in [6, 6.07) is 15.9. The van der Waals surface area contributed by atoms with Gasteiger partial charge in [-0.25, -0.2) is 0 Å². The van der Waals surface area contributed by atoms with Gasteiger partial charge in [0.05, 0.1) is 11.4 Å². The Labute approximate surface area is 274 Å². The van der Waals surface area contributed by atoms with Crippen molar-refractivity contribution in [2.24, 2.45) is 16.6 Å². The number of aromatic nitrogens is 2. The van der Waals surface area contributed by atoms with Crippen LogP contribution in [0.1, 0.15) is 54.8 Å². The first-order valence-corrected chi connectivity index (χ1v) is 16.1. The predicted molar refractivity (Wildman–Crippen MR) is 190 cm³/mol. The molecule has 7 nitrogen and oxygen atoms in total. The quantitative estimate of drug-likeness (QED) is 0.155. The number of aliphatic imine (C=N–C) groups is 1. The molecule has 0 bridgehead atoms. The van der Waals surface area contributed by atoms with Gasteiger partial charge in [0.25, 0.3) is 0 Å². The predicted octanol–water partition coefficient (Wildman–Crippen LogP) is 7.27. The van der Waals surface area contributed by atoms with Gasteiger partial charge in [-0.2, -0.15) is 0 Å². The van der Waals surface area contributed by atoms with E-state index in [0.29, 0.717) is 45.8 Å². The van der Waals surface area contributed by atoms with E-state index in [0.717, 1.165) is 52.2 Å². The monoisotopic (exact) mass is 616 g/mol. The zero-order chi connectivity index (χ0) is 32.6. The Bertz CT molecular complexity index is 1500. The van der Waals surface area contributed by atoms with E-state index in [1.807, 2.05) is 104 Å². The SMILES string of the molecule is C=C(/C=C\C=C/C)CN(CC1=NC=CC=CC1CCC)Cc1cc(CN)cc(CN(Cc2ccccn2)Cc2ccccn2)c1O. The number of hydrogen-bond acceptors (Lipinski definition) is 7. The second-order valence-electron chi connectivity index (χ2n) is 11.7. The van der Waals surface area contributed by atoms with E-state index < -0.39 is 0 Å². The summed E-state index contributed by atoms with van der Waals surface area (Å²) in [5, 5.41) is 11.8. The van der Waals surface area contributed by atoms with Gasteiger partial charge in [-0.1, -0.05) is 68.5 Å². The molecule has 1 aliphatic rings. The van der Waals surface area contributed by atoms with Gasteiger partial charge in [-0.3, -0.25) is 24.8 Å². The molecule has 240 valence electrons. The molecule has 0 spiro atoms. The Balaban J connectivity index is 1.65. The molecule has 0 saturated heterocycles. The summed E-state index contributed by atoms with van der Waals surface area (Å²) >= 11 is 0. The largest absolute Gasteiger partial charge is 0.507 e. The number of rotatable bonds is 17. The molecule has 0 amide bonds. The van der Waals surface area contributed by atoms with Crippen LogP contribution in [0.25, 0.3) is 0 Å². The van der Waals surface area contributed by atoms with Crippen molar-refractivity contribution < 1.29 is 5.11 Å². The molecule has 1 atom stereocenters. The van der Waals surface area contributed by atoms with Gasteiger partial charge in [0.2, 0.25) is 0 Å². The van der Waals surface area contributed by atoms with E-state index in [1.54, 1.807) is 0 Å². The summed E-state index contributed by atoms with van der Waals surface area (Å²) in [6.07, 6.45) is 22.0. The molecule has 1 aromatic carbocycles. The fourth-order valence-electron chi connectivity index (χ4n) is 5.65. The van der Waals surface area contributed by atoms with E-state index in [4.69, 9.17) is 10.7 Å². The molecule has 2 aromatic heterocycles. The summed E-state index contributed by atoms with van der Waals surface area (Å²) in [6.45, 7) is 12.5. The van der Waals surface area contributed by atoms with E-state index in [2.05, 4.69) is 45.4 Å². The Morgan fingerprint density at radius 1 is 0.913 bits per heavy atom. The summed E-state index contributed by atoms with van der Waals surface area (Å²) in [7, 11) is 0. The highest BCUT2D eigenvalue weighted by molar-refractivity contribution is 5.91. The third-order valence-corrected chi connectivity index (χ3v) is 7.83. The molecule has 4 rings (SSSR count). The standard InChI is InChI=1S/C39H48N6O/c1-4-6-7-15-31(3)25-44(30-38-33(14-5-2)16-8-11-21-43-38)26-34-22-32(24-40)23-35(39(34)46)27-45(28-36-17-9-12-19-41-36)29-37-18-10-13-20-42-37/h4,6-13,15-23,33,46H,3,5,14,24-30,40H2,1-2H3/b6-4-,15-7-. The lowest BCUT2D eigenvalue weighted by atomic mass is 9.96. The third-order valence-electron chi connectivity index (χ3n) is 7.83. The smallest absolute Gasteiger partial charge is 0.124 e. The molecular formula is C39H48N6O. The van der Waals surface area contributed by atoms with Crippen molar-refractivity contribution in [1.82, 2.24) is 19.8 Å². The molecule has 1 unspecified atom stereocenters. The van der Waals surface area contributed by atoms with E-state index in [9.17, 15) is 5.11 Å². The highest BCUT2D eigenvalue weighted by Crippen LogP contribution is 2.29. The topological polar surface area (TPSA) is 90.9 Å². The molecule has 3 N–H and O–H groups in total. The highest BCUT2D eigenvalue weighted by atomic mass is 16.3. The third kappa shape index (κ3) is 10.9. The van der Waals surface area contributed by atoms with Crippen LogP contribution in [-0.2, 0) is 32.7 Å². The van der Waals surface area contributed by atoms with Gasteiger partial charge >= 0.3 is 0 Å². The zero-order valence-corrected chi connectivity index (χ0v) is 27.3. The normalized spacial score (nSPS) is 14.9. The van der Waals surface area contributed by atoms with Crippen molar-refractivity contribution >= 4 is 5.71 Å². The second kappa shape index (κ2) is 18.5. The van der Waals surface area contributed by atoms with Crippen molar-refractivity contribution in [1.29, 1.82) is 0 Å². The Morgan fingerprint density at radius 3 is 2.17 bits per heavy atom. The van der Waals surface area contributed by atoms with Gasteiger partial charge in [0.15, 0.2) is 0 Å². The van der Waals surface area contributed by atoms with E-state index in [-0.39, 0.29) is 11.7 Å². The first kappa shape index (κ1) is 34.4. The Morgan fingerprint density at radius 2 is 1.59 bits per heavy atom. The fraction of sp³-hybridized carbons (Fsp3) is 0.308. The number of benzene rings is 1. The number of pyridine rings is 2. The van der Waals surface area contributed by atoms with Crippen LogP contribution in [0.15, 0.2) is 127 Å². The first-order valence-electron chi connectivity index (χ1n) is 16.1. The van der Waals surface area contributed by atoms with Crippen LogP contribution < -0.4 is 5.73 Å². The number of phenols is 1. The lowest BCUT2D eigenvalue weighted by Crippen LogP contribution is -2.34. The van der Waals surface area contributed by atoms with Crippen molar-refractivity contribution in [3.63, 3.8) is 0 Å². The number of nitrogens with two attached hydrogens (primary N) is 1. The average molecular weight is 617 g/mol. The molecule has 0 radical (unpaired) electrons. The van der Waals surface area contributed by atoms with Gasteiger partial charge in [0.1, 0.15) is 5.75 Å². The van der Waals surface area contributed by atoms with Crippen molar-refractivity contribution in [2.75, 3.05) is 13.1 Å². The molecule has 0 fully saturated rings. The Hall–Kier alpha value is -4.43. The Kier molecular flexibility index (Phi) is 13.9. The van der Waals surface area contributed by atoms with Crippen LogP contribution >= 0.6 is 0 Å². The first-order chi connectivity index (χ1) is 22.5. The average Bonchev–Trinajstić information content (AvgIpc) is 3.28. The molecule has 46 heavy (non-hydrogen) atoms. The molecule has 7 heteroatoms. The maximum Gasteiger partial charge on any atom is 0.124 e. The summed E-state index contributed by atoms with van der Waals surface area (Å²) in [5.41, 5.74) is 12.9. The van der Waals surface area contributed by atoms with E-state index in [1.165, 1.54) is 0 Å². The van der Waals surface area contributed by atoms with Crippen molar-refractivity contribution in [3.05, 3.63) is 150 Å². The fourth-order valence-corrected chi connectivity index (χ4v) is 5.65. The summed E-state index contributed by atoms with van der Waals surface area (Å²) < 4.78 is 0. The van der Waals surface area contributed by atoms with Crippen LogP contribution in [0.2, 0.25) is 0 Å². The minimum Gasteiger partial charge on any atom is -0.507 e. The van der Waals surface area contributed by atoms with Crippen LogP contribution in [0.3, 0.4) is 0 Å². The number of hydrogen-bond donors (Lipinski definition) is 2. The minimum atomic E-state index is 0.264. The summed E-state index contributed by atoms with van der Waals surface area (Å²) in [5.74, 6) is 0.553. The number of phenolic OH excluding ortho intramolecular Hbond substituents is 1. The molecule has 0 saturated carbocycles. The zero-order valence-electron chi connectivity index (χ0n) is 27.3. The van der Waals surface area contributed by atoms with Gasteiger partial charge in [-0.15, -0.1) is 0 Å². The molecule has 3 aromatic rings. The number of nitrogens with zero attached hydrogens (tertiary/aromatic N) is 5. The van der Waals surface area contributed by atoms with Gasteiger partial charge in [-0.05, 0) is 67.0 Å². The molecular weight excluding hydrogens is 568 g/mol. The van der Waals surface area contributed by atoms with Crippen molar-refractivity contribution in [3.8, 4) is 5.75 Å². The van der Waals surface area contributed by atoms with Crippen LogP contribution in [0.5, 0.6) is 5.75 Å². The van der Waals surface area contributed by atoms with Crippen LogP contribution in [-0.4, -0.2) is 43.7 Å². The highest BCUT2D eigenvalue weighted by Gasteiger charge is 2.21. The van der Waals surface area contributed by atoms with Crippen LogP contribution in [0.4, 0.5) is 0 Å². The lowest BCUT2D eigenvalue weighted by molar-refractivity contribution is 0.237. The number of allylic oxidation sites excluding steroid dienone is 6. The van der Waals surface area contributed by atoms with Crippen molar-refractivity contribution in [2.45, 2.75) is 59.4 Å². The van der Waals surface area contributed by atoms with Crippen LogP contribution in [0, 0.1) is 5.92 Å². The maximum atomic E-state index is 11.8. The molecule has 3 heterocycles. The minimum absolute atomic E-state index is 0.264. The molecule has 0 aliphatic carbocycles. The maximum absolute atomic E-state index is 11.8. The lowest BCUT2D eigenvalue weighted by Gasteiger charge is -2.27.